The summed E-state index contributed by atoms with van der Waals surface area (Å²) in [5.41, 5.74) is 1.06. The molecule has 1 aliphatic heterocycles. The lowest BCUT2D eigenvalue weighted by Gasteiger charge is -2.10. The molecule has 1 aromatic carbocycles. The van der Waals surface area contributed by atoms with Crippen LogP contribution in [-0.2, 0) is 31.1 Å². The Morgan fingerprint density at radius 1 is 1.35 bits per heavy atom. The molecular formula is C12H12O4S. The summed E-state index contributed by atoms with van der Waals surface area (Å²) in [7, 11) is 0. The van der Waals surface area contributed by atoms with Crippen molar-refractivity contribution >= 4 is 11.4 Å². The van der Waals surface area contributed by atoms with Crippen molar-refractivity contribution < 1.29 is 17.3 Å². The van der Waals surface area contributed by atoms with Crippen molar-refractivity contribution in [3.63, 3.8) is 0 Å². The summed E-state index contributed by atoms with van der Waals surface area (Å²) in [6, 6.07) is 9.74. The number of terminal acetylenes is 1. The van der Waals surface area contributed by atoms with E-state index in [0.717, 1.165) is 5.56 Å². The molecule has 0 saturated carbocycles. The molecule has 4 nitrogen and oxygen atoms in total. The molecule has 0 aliphatic carbocycles. The van der Waals surface area contributed by atoms with Crippen LogP contribution in [0.1, 0.15) is 5.56 Å². The molecule has 17 heavy (non-hydrogen) atoms. The fourth-order valence-corrected chi connectivity index (χ4v) is 2.19. The van der Waals surface area contributed by atoms with Crippen molar-refractivity contribution in [1.82, 2.24) is 0 Å². The molecule has 1 fully saturated rings. The maximum absolute atomic E-state index is 11.0. The second-order valence-corrected chi connectivity index (χ2v) is 4.32. The molecule has 0 N–H and O–H groups in total. The van der Waals surface area contributed by atoms with Gasteiger partial charge in [0, 0.05) is 0 Å². The van der Waals surface area contributed by atoms with Gasteiger partial charge in [-0.3, -0.25) is 4.18 Å². The molecule has 1 aromatic rings. The minimum atomic E-state index is -1.75. The molecule has 2 rings (SSSR count). The quantitative estimate of drug-likeness (QED) is 0.755. The third-order valence-corrected chi connectivity index (χ3v) is 3.05. The summed E-state index contributed by atoms with van der Waals surface area (Å²) in [6.45, 7) is 0.722. The van der Waals surface area contributed by atoms with E-state index < -0.39 is 23.6 Å². The third kappa shape index (κ3) is 3.38. The van der Waals surface area contributed by atoms with E-state index in [1.807, 2.05) is 30.3 Å². The molecule has 0 radical (unpaired) electrons. The summed E-state index contributed by atoms with van der Waals surface area (Å²) in [5, 5.41) is 0. The van der Waals surface area contributed by atoms with Gasteiger partial charge >= 0.3 is 11.4 Å². The molecule has 0 amide bonds. The van der Waals surface area contributed by atoms with Gasteiger partial charge < -0.3 is 4.74 Å². The average Bonchev–Trinajstić information content (AvgIpc) is 2.71. The Kier molecular flexibility index (Phi) is 4.29. The highest BCUT2D eigenvalue weighted by Crippen LogP contribution is 2.17. The van der Waals surface area contributed by atoms with Gasteiger partial charge in [0.2, 0.25) is 0 Å². The molecule has 0 aromatic heterocycles. The second kappa shape index (κ2) is 5.94. The fraction of sp³-hybridized carbons (Fsp3) is 0.333. The highest BCUT2D eigenvalue weighted by molar-refractivity contribution is 7.75. The minimum Gasteiger partial charge on any atom is -0.374 e. The van der Waals surface area contributed by atoms with Gasteiger partial charge in [-0.25, -0.2) is 4.18 Å². The Hall–Kier alpha value is -1.19. The highest BCUT2D eigenvalue weighted by Gasteiger charge is 2.33. The van der Waals surface area contributed by atoms with Crippen LogP contribution in [0, 0.1) is 12.3 Å². The molecular weight excluding hydrogens is 240 g/mol. The zero-order chi connectivity index (χ0) is 12.1. The zero-order valence-electron chi connectivity index (χ0n) is 9.07. The van der Waals surface area contributed by atoms with Crippen molar-refractivity contribution in [3.8, 4) is 12.3 Å². The van der Waals surface area contributed by atoms with Gasteiger partial charge in [0.25, 0.3) is 0 Å². The van der Waals surface area contributed by atoms with E-state index in [-0.39, 0.29) is 6.61 Å². The maximum atomic E-state index is 11.0. The number of benzene rings is 1. The Morgan fingerprint density at radius 3 is 2.82 bits per heavy atom. The normalized spacial score (nSPS) is 27.8. The minimum absolute atomic E-state index is 0.259. The van der Waals surface area contributed by atoms with Gasteiger partial charge in [-0.2, -0.15) is 4.21 Å². The van der Waals surface area contributed by atoms with Gasteiger partial charge in [-0.05, 0) is 5.56 Å². The van der Waals surface area contributed by atoms with Crippen LogP contribution in [0.4, 0.5) is 0 Å². The predicted molar refractivity (Wildman–Crippen MR) is 62.8 cm³/mol. The number of rotatable bonds is 4. The Morgan fingerprint density at radius 2 is 2.12 bits per heavy atom. The van der Waals surface area contributed by atoms with Gasteiger partial charge in [-0.15, -0.1) is 6.42 Å². The average molecular weight is 252 g/mol. The molecule has 0 spiro atoms. The topological polar surface area (TPSA) is 44.8 Å². The van der Waals surface area contributed by atoms with Crippen LogP contribution in [0.2, 0.25) is 0 Å². The molecule has 5 heteroatoms. The molecule has 1 saturated heterocycles. The van der Waals surface area contributed by atoms with E-state index in [4.69, 9.17) is 19.5 Å². The van der Waals surface area contributed by atoms with E-state index in [0.29, 0.717) is 6.61 Å². The van der Waals surface area contributed by atoms with Crippen molar-refractivity contribution in [2.24, 2.45) is 0 Å². The first-order chi connectivity index (χ1) is 8.29. The van der Waals surface area contributed by atoms with E-state index in [9.17, 15) is 4.21 Å². The monoisotopic (exact) mass is 252 g/mol. The molecule has 3 atom stereocenters. The maximum Gasteiger partial charge on any atom is 0.306 e. The number of hydrogen-bond donors (Lipinski definition) is 0. The Balaban J connectivity index is 1.79. The predicted octanol–water partition coefficient (Wildman–Crippen LogP) is 1.20. The van der Waals surface area contributed by atoms with Crippen molar-refractivity contribution in [1.29, 1.82) is 0 Å². The van der Waals surface area contributed by atoms with Gasteiger partial charge in [0.15, 0.2) is 6.10 Å². The van der Waals surface area contributed by atoms with Crippen LogP contribution in [0.5, 0.6) is 0 Å². The highest BCUT2D eigenvalue weighted by atomic mass is 32.2. The summed E-state index contributed by atoms with van der Waals surface area (Å²) >= 11 is -1.75. The smallest absolute Gasteiger partial charge is 0.306 e. The van der Waals surface area contributed by atoms with Crippen LogP contribution >= 0.6 is 0 Å². The first kappa shape index (κ1) is 12.3. The van der Waals surface area contributed by atoms with Crippen molar-refractivity contribution in [2.45, 2.75) is 18.8 Å². The van der Waals surface area contributed by atoms with Crippen LogP contribution in [-0.4, -0.2) is 23.0 Å². The van der Waals surface area contributed by atoms with Crippen LogP contribution in [0.25, 0.3) is 0 Å². The first-order valence-electron chi connectivity index (χ1n) is 5.13. The van der Waals surface area contributed by atoms with E-state index in [1.54, 1.807) is 0 Å². The lowest BCUT2D eigenvalue weighted by atomic mass is 10.2. The summed E-state index contributed by atoms with van der Waals surface area (Å²) < 4.78 is 26.3. The zero-order valence-corrected chi connectivity index (χ0v) is 9.89. The van der Waals surface area contributed by atoms with E-state index in [1.165, 1.54) is 0 Å². The standard InChI is InChI=1S/C12H12O4S/c1-2-11-12(16-17(13)15-11)9-14-8-10-6-4-3-5-7-10/h1,3-7,11-12H,8-9H2/t11?,12-,17?/m0/s1. The van der Waals surface area contributed by atoms with E-state index >= 15 is 0 Å². The summed E-state index contributed by atoms with van der Waals surface area (Å²) in [6.07, 6.45) is 4.15. The third-order valence-electron chi connectivity index (χ3n) is 2.28. The lowest BCUT2D eigenvalue weighted by molar-refractivity contribution is 0.0404. The molecule has 1 heterocycles. The fourth-order valence-electron chi connectivity index (χ4n) is 1.44. The molecule has 2 unspecified atom stereocenters. The SMILES string of the molecule is C#CC1OS(=O)O[C@H]1COCc1ccccc1. The molecule has 90 valence electrons. The van der Waals surface area contributed by atoms with Gasteiger partial charge in [0.1, 0.15) is 6.10 Å². The summed E-state index contributed by atoms with van der Waals surface area (Å²) in [4.78, 5) is 0. The first-order valence-corrected chi connectivity index (χ1v) is 6.13. The molecule has 0 bridgehead atoms. The van der Waals surface area contributed by atoms with E-state index in [2.05, 4.69) is 5.92 Å². The Bertz CT molecular complexity index is 426. The van der Waals surface area contributed by atoms with Gasteiger partial charge in [0.05, 0.1) is 13.2 Å². The van der Waals surface area contributed by atoms with Gasteiger partial charge in [-0.1, -0.05) is 36.3 Å². The van der Waals surface area contributed by atoms with Crippen LogP contribution in [0.3, 0.4) is 0 Å². The van der Waals surface area contributed by atoms with Crippen molar-refractivity contribution in [3.05, 3.63) is 35.9 Å². The Labute approximate surface area is 103 Å². The largest absolute Gasteiger partial charge is 0.374 e. The number of hydrogen-bond acceptors (Lipinski definition) is 4. The summed E-state index contributed by atoms with van der Waals surface area (Å²) in [5.74, 6) is 2.37. The van der Waals surface area contributed by atoms with Crippen LogP contribution < -0.4 is 0 Å². The number of ether oxygens (including phenoxy) is 1. The van der Waals surface area contributed by atoms with Crippen molar-refractivity contribution in [2.75, 3.05) is 6.61 Å². The van der Waals surface area contributed by atoms with Crippen LogP contribution in [0.15, 0.2) is 30.3 Å². The lowest BCUT2D eigenvalue weighted by Crippen LogP contribution is -2.26. The second-order valence-electron chi connectivity index (χ2n) is 3.52. The molecule has 1 aliphatic rings.